The lowest BCUT2D eigenvalue weighted by molar-refractivity contribution is 0.406. The maximum absolute atomic E-state index is 5.51. The number of methoxy groups -OCH3 is 1. The predicted octanol–water partition coefficient (Wildman–Crippen LogP) is 3.76. The molecule has 0 fully saturated rings. The van der Waals surface area contributed by atoms with Crippen LogP contribution >= 0.6 is 11.8 Å². The molecule has 1 aromatic heterocycles. The van der Waals surface area contributed by atoms with Crippen LogP contribution < -0.4 is 10.1 Å². The maximum Gasteiger partial charge on any atom is 0.128 e. The van der Waals surface area contributed by atoms with Gasteiger partial charge in [0.25, 0.3) is 0 Å². The van der Waals surface area contributed by atoms with E-state index in [1.165, 1.54) is 5.56 Å². The highest BCUT2D eigenvalue weighted by Gasteiger charge is 2.15. The molecule has 0 bridgehead atoms. The minimum atomic E-state index is 0.468. The molecule has 0 amide bonds. The Bertz CT molecular complexity index is 435. The van der Waals surface area contributed by atoms with Gasteiger partial charge in [-0.15, -0.1) is 0 Å². The third-order valence-corrected chi connectivity index (χ3v) is 4.76. The number of ether oxygens (including phenoxy) is 1. The Morgan fingerprint density at radius 2 is 2.05 bits per heavy atom. The van der Waals surface area contributed by atoms with E-state index in [-0.39, 0.29) is 0 Å². The van der Waals surface area contributed by atoms with Crippen LogP contribution in [0.1, 0.15) is 44.0 Å². The van der Waals surface area contributed by atoms with Crippen LogP contribution in [0.5, 0.6) is 5.75 Å². The summed E-state index contributed by atoms with van der Waals surface area (Å²) in [6, 6.07) is 0.468. The van der Waals surface area contributed by atoms with Crippen LogP contribution in [0.15, 0.2) is 6.20 Å². The van der Waals surface area contributed by atoms with Crippen LogP contribution in [0, 0.1) is 13.8 Å². The average molecular weight is 311 g/mol. The zero-order valence-corrected chi connectivity index (χ0v) is 15.1. The molecule has 0 saturated heterocycles. The molecule has 0 aliphatic rings. The second kappa shape index (κ2) is 9.31. The number of nitrogens with one attached hydrogen (secondary N) is 1. The number of hydrogen-bond acceptors (Lipinski definition) is 4. The highest BCUT2D eigenvalue weighted by Crippen LogP contribution is 2.25. The fourth-order valence-electron chi connectivity index (χ4n) is 2.36. The highest BCUT2D eigenvalue weighted by atomic mass is 32.2. The van der Waals surface area contributed by atoms with Crippen molar-refractivity contribution < 1.29 is 4.74 Å². The summed E-state index contributed by atoms with van der Waals surface area (Å²) in [6.45, 7) is 11.9. The number of aryl methyl sites for hydroxylation is 1. The summed E-state index contributed by atoms with van der Waals surface area (Å²) in [5.41, 5.74) is 3.43. The van der Waals surface area contributed by atoms with Crippen molar-refractivity contribution in [2.75, 3.05) is 19.4 Å². The molecule has 1 rings (SSSR count). The normalized spacial score (nSPS) is 12.7. The van der Waals surface area contributed by atoms with Gasteiger partial charge in [0.15, 0.2) is 0 Å². The van der Waals surface area contributed by atoms with Crippen molar-refractivity contribution >= 4 is 11.8 Å². The van der Waals surface area contributed by atoms with Crippen LogP contribution in [0.25, 0.3) is 0 Å². The van der Waals surface area contributed by atoms with Crippen LogP contribution in [0.3, 0.4) is 0 Å². The van der Waals surface area contributed by atoms with Gasteiger partial charge in [-0.3, -0.25) is 4.98 Å². The summed E-state index contributed by atoms with van der Waals surface area (Å²) in [6.07, 6.45) is 4.04. The quantitative estimate of drug-likeness (QED) is 0.753. The zero-order valence-electron chi connectivity index (χ0n) is 14.3. The Kier molecular flexibility index (Phi) is 8.12. The van der Waals surface area contributed by atoms with Crippen LogP contribution in [0.2, 0.25) is 0 Å². The Labute approximate surface area is 134 Å². The van der Waals surface area contributed by atoms with Gasteiger partial charge in [-0.2, -0.15) is 11.8 Å². The van der Waals surface area contributed by atoms with Crippen molar-refractivity contribution in [3.8, 4) is 5.75 Å². The minimum Gasteiger partial charge on any atom is -0.496 e. The standard InChI is InChI=1S/C17H30N2OS/c1-7-8-18-15(11-21-12(2)3)9-16-14(5)17(20-6)13(4)10-19-16/h10,12,15,18H,7-9,11H2,1-6H3. The lowest BCUT2D eigenvalue weighted by Gasteiger charge is -2.21. The molecule has 1 unspecified atom stereocenters. The minimum absolute atomic E-state index is 0.468. The molecule has 1 heterocycles. The van der Waals surface area contributed by atoms with Gasteiger partial charge in [0.1, 0.15) is 5.75 Å². The number of pyridine rings is 1. The van der Waals surface area contributed by atoms with Crippen molar-refractivity contribution in [2.24, 2.45) is 0 Å². The molecule has 1 N–H and O–H groups in total. The first-order chi connectivity index (χ1) is 9.99. The number of hydrogen-bond donors (Lipinski definition) is 1. The molecule has 0 aliphatic heterocycles. The third kappa shape index (κ3) is 5.87. The van der Waals surface area contributed by atoms with Crippen LogP contribution in [-0.2, 0) is 6.42 Å². The van der Waals surface area contributed by atoms with Gasteiger partial charge in [-0.1, -0.05) is 20.8 Å². The lowest BCUT2D eigenvalue weighted by Crippen LogP contribution is -2.35. The molecule has 0 saturated carbocycles. The van der Waals surface area contributed by atoms with Gasteiger partial charge in [-0.25, -0.2) is 0 Å². The van der Waals surface area contributed by atoms with Crippen molar-refractivity contribution in [2.45, 2.75) is 58.8 Å². The van der Waals surface area contributed by atoms with E-state index in [1.807, 2.05) is 24.9 Å². The Balaban J connectivity index is 2.81. The molecule has 1 aromatic rings. The van der Waals surface area contributed by atoms with E-state index >= 15 is 0 Å². The fourth-order valence-corrected chi connectivity index (χ4v) is 3.21. The first-order valence-corrected chi connectivity index (χ1v) is 8.88. The lowest BCUT2D eigenvalue weighted by atomic mass is 10.1. The summed E-state index contributed by atoms with van der Waals surface area (Å²) in [5.74, 6) is 2.10. The van der Waals surface area contributed by atoms with Gasteiger partial charge >= 0.3 is 0 Å². The Morgan fingerprint density at radius 1 is 1.33 bits per heavy atom. The van der Waals surface area contributed by atoms with E-state index < -0.39 is 0 Å². The van der Waals surface area contributed by atoms with Gasteiger partial charge in [0, 0.05) is 41.2 Å². The zero-order chi connectivity index (χ0) is 15.8. The van der Waals surface area contributed by atoms with Crippen molar-refractivity contribution in [1.29, 1.82) is 0 Å². The predicted molar refractivity (Wildman–Crippen MR) is 93.6 cm³/mol. The molecule has 3 nitrogen and oxygen atoms in total. The van der Waals surface area contributed by atoms with Gasteiger partial charge < -0.3 is 10.1 Å². The first-order valence-electron chi connectivity index (χ1n) is 7.83. The number of nitrogens with zero attached hydrogens (tertiary/aromatic N) is 1. The number of rotatable bonds is 9. The molecule has 21 heavy (non-hydrogen) atoms. The van der Waals surface area contributed by atoms with E-state index in [2.05, 4.69) is 38.0 Å². The van der Waals surface area contributed by atoms with E-state index in [9.17, 15) is 0 Å². The second-order valence-electron chi connectivity index (χ2n) is 5.78. The third-order valence-electron chi connectivity index (χ3n) is 3.50. The maximum atomic E-state index is 5.51. The molecule has 120 valence electrons. The topological polar surface area (TPSA) is 34.2 Å². The summed E-state index contributed by atoms with van der Waals surface area (Å²) in [4.78, 5) is 4.63. The SMILES string of the molecule is CCCNC(CSC(C)C)Cc1ncc(C)c(OC)c1C. The van der Waals surface area contributed by atoms with Gasteiger partial charge in [0.05, 0.1) is 7.11 Å². The summed E-state index contributed by atoms with van der Waals surface area (Å²) < 4.78 is 5.51. The van der Waals surface area contributed by atoms with Crippen molar-refractivity contribution in [1.82, 2.24) is 10.3 Å². The van der Waals surface area contributed by atoms with Gasteiger partial charge in [0.2, 0.25) is 0 Å². The molecule has 0 aliphatic carbocycles. The molecule has 0 aromatic carbocycles. The average Bonchev–Trinajstić information content (AvgIpc) is 2.44. The summed E-state index contributed by atoms with van der Waals surface area (Å²) in [5, 5.41) is 4.32. The number of thioether (sulfide) groups is 1. The second-order valence-corrected chi connectivity index (χ2v) is 7.39. The van der Waals surface area contributed by atoms with Crippen molar-refractivity contribution in [3.63, 3.8) is 0 Å². The van der Waals surface area contributed by atoms with Gasteiger partial charge in [-0.05, 0) is 32.1 Å². The Morgan fingerprint density at radius 3 is 2.62 bits per heavy atom. The molecule has 4 heteroatoms. The summed E-state index contributed by atoms with van der Waals surface area (Å²) >= 11 is 2.01. The smallest absolute Gasteiger partial charge is 0.128 e. The Hall–Kier alpha value is -0.740. The highest BCUT2D eigenvalue weighted by molar-refractivity contribution is 7.99. The largest absolute Gasteiger partial charge is 0.496 e. The fraction of sp³-hybridized carbons (Fsp3) is 0.706. The molecular weight excluding hydrogens is 280 g/mol. The first kappa shape index (κ1) is 18.3. The summed E-state index contributed by atoms with van der Waals surface area (Å²) in [7, 11) is 1.74. The van der Waals surface area contributed by atoms with E-state index in [1.54, 1.807) is 7.11 Å². The van der Waals surface area contributed by atoms with Crippen LogP contribution in [-0.4, -0.2) is 35.7 Å². The molecular formula is C17H30N2OS. The van der Waals surface area contributed by atoms with E-state index in [0.29, 0.717) is 11.3 Å². The van der Waals surface area contributed by atoms with Crippen molar-refractivity contribution in [3.05, 3.63) is 23.0 Å². The number of aromatic nitrogens is 1. The monoisotopic (exact) mass is 310 g/mol. The molecule has 0 radical (unpaired) electrons. The molecule has 0 spiro atoms. The van der Waals surface area contributed by atoms with E-state index in [0.717, 1.165) is 42.1 Å². The van der Waals surface area contributed by atoms with Crippen LogP contribution in [0.4, 0.5) is 0 Å². The molecule has 1 atom stereocenters. The van der Waals surface area contributed by atoms with E-state index in [4.69, 9.17) is 4.74 Å².